The molecular weight excluding hydrogens is 252 g/mol. The lowest BCUT2D eigenvalue weighted by atomic mass is 9.60. The number of rotatable bonds is 0. The van der Waals surface area contributed by atoms with Crippen LogP contribution in [-0.2, 0) is 9.47 Å². The lowest BCUT2D eigenvalue weighted by Gasteiger charge is -2.54. The number of hydrogen-bond acceptors (Lipinski definition) is 3. The van der Waals surface area contributed by atoms with E-state index in [0.717, 1.165) is 44.9 Å². The number of ether oxygens (including phenoxy) is 2. The minimum absolute atomic E-state index is 0.110. The first kappa shape index (κ1) is 13.5. The molecule has 3 nitrogen and oxygen atoms in total. The molecule has 4 fully saturated rings. The average Bonchev–Trinajstić information content (AvgIpc) is 2.84. The van der Waals surface area contributed by atoms with Gasteiger partial charge in [-0.15, -0.1) is 0 Å². The fourth-order valence-electron chi connectivity index (χ4n) is 5.40. The molecule has 0 radical (unpaired) electrons. The van der Waals surface area contributed by atoms with E-state index in [-0.39, 0.29) is 11.5 Å². The largest absolute Gasteiger partial charge is 0.392 e. The molecule has 0 bridgehead atoms. The molecule has 0 aromatic heterocycles. The van der Waals surface area contributed by atoms with Crippen LogP contribution in [0.4, 0.5) is 0 Å². The van der Waals surface area contributed by atoms with Crippen molar-refractivity contribution in [3.8, 4) is 0 Å². The fourth-order valence-corrected chi connectivity index (χ4v) is 5.40. The van der Waals surface area contributed by atoms with Crippen LogP contribution in [0.3, 0.4) is 0 Å². The molecule has 4 rings (SSSR count). The summed E-state index contributed by atoms with van der Waals surface area (Å²) in [6.07, 6.45) is 14.1. The molecule has 20 heavy (non-hydrogen) atoms. The Morgan fingerprint density at radius 3 is 1.90 bits per heavy atom. The highest BCUT2D eigenvalue weighted by molar-refractivity contribution is 5.07. The molecule has 4 aliphatic rings. The van der Waals surface area contributed by atoms with Gasteiger partial charge in [-0.25, -0.2) is 0 Å². The fraction of sp³-hybridized carbons (Fsp3) is 1.00. The zero-order chi connectivity index (χ0) is 13.6. The third-order valence-corrected chi connectivity index (χ3v) is 6.45. The highest BCUT2D eigenvalue weighted by Crippen LogP contribution is 2.59. The van der Waals surface area contributed by atoms with Crippen molar-refractivity contribution >= 4 is 0 Å². The maximum Gasteiger partial charge on any atom is 0.177 e. The predicted molar refractivity (Wildman–Crippen MR) is 76.3 cm³/mol. The van der Waals surface area contributed by atoms with E-state index in [0.29, 0.717) is 12.2 Å². The number of aliphatic hydroxyl groups excluding tert-OH is 1. The van der Waals surface area contributed by atoms with E-state index in [1.54, 1.807) is 0 Å². The third kappa shape index (κ3) is 1.82. The molecule has 1 aliphatic heterocycles. The minimum Gasteiger partial charge on any atom is -0.392 e. The van der Waals surface area contributed by atoms with Gasteiger partial charge in [0.25, 0.3) is 0 Å². The summed E-state index contributed by atoms with van der Waals surface area (Å²) in [6, 6.07) is 0. The van der Waals surface area contributed by atoms with Gasteiger partial charge in [0, 0.05) is 6.42 Å². The van der Waals surface area contributed by atoms with Gasteiger partial charge in [0.1, 0.15) is 0 Å². The van der Waals surface area contributed by atoms with Crippen LogP contribution in [0, 0.1) is 5.41 Å². The van der Waals surface area contributed by atoms with Crippen LogP contribution in [0.1, 0.15) is 77.0 Å². The van der Waals surface area contributed by atoms with Crippen LogP contribution in [0.2, 0.25) is 0 Å². The van der Waals surface area contributed by atoms with Gasteiger partial charge in [0.2, 0.25) is 0 Å². The minimum atomic E-state index is -0.454. The summed E-state index contributed by atoms with van der Waals surface area (Å²) in [4.78, 5) is 0. The highest BCUT2D eigenvalue weighted by atomic mass is 16.8. The monoisotopic (exact) mass is 280 g/mol. The van der Waals surface area contributed by atoms with Crippen LogP contribution in [-0.4, -0.2) is 29.2 Å². The zero-order valence-electron chi connectivity index (χ0n) is 12.5. The Hall–Kier alpha value is -0.120. The Morgan fingerprint density at radius 1 is 0.700 bits per heavy atom. The number of aliphatic hydroxyl groups is 1. The van der Waals surface area contributed by atoms with E-state index in [4.69, 9.17) is 9.47 Å². The van der Waals surface area contributed by atoms with Crippen LogP contribution in [0.15, 0.2) is 0 Å². The maximum atomic E-state index is 10.8. The van der Waals surface area contributed by atoms with Crippen molar-refractivity contribution in [3.05, 3.63) is 0 Å². The Labute approximate surface area is 122 Å². The van der Waals surface area contributed by atoms with Crippen LogP contribution < -0.4 is 0 Å². The molecular formula is C17H28O3. The molecule has 3 aliphatic carbocycles. The first-order valence-corrected chi connectivity index (χ1v) is 8.80. The van der Waals surface area contributed by atoms with Gasteiger partial charge in [-0.1, -0.05) is 32.1 Å². The summed E-state index contributed by atoms with van der Waals surface area (Å²) >= 11 is 0. The molecule has 1 saturated heterocycles. The maximum absolute atomic E-state index is 10.8. The second-order valence-electron chi connectivity index (χ2n) is 7.47. The number of hydrogen-bond donors (Lipinski definition) is 1. The lowest BCUT2D eigenvalue weighted by Crippen LogP contribution is -2.59. The predicted octanol–water partition coefficient (Wildman–Crippen LogP) is 3.54. The van der Waals surface area contributed by atoms with Crippen molar-refractivity contribution in [3.63, 3.8) is 0 Å². The Bertz CT molecular complexity index is 349. The summed E-state index contributed by atoms with van der Waals surface area (Å²) in [5, 5.41) is 10.8. The molecule has 0 unspecified atom stereocenters. The molecule has 2 spiro atoms. The molecule has 0 aromatic carbocycles. The van der Waals surface area contributed by atoms with Crippen LogP contribution >= 0.6 is 0 Å². The topological polar surface area (TPSA) is 38.7 Å². The van der Waals surface area contributed by atoms with Crippen molar-refractivity contribution in [1.82, 2.24) is 0 Å². The van der Waals surface area contributed by atoms with E-state index < -0.39 is 5.79 Å². The Morgan fingerprint density at radius 2 is 1.25 bits per heavy atom. The van der Waals surface area contributed by atoms with Gasteiger partial charge in [-0.05, 0) is 38.5 Å². The summed E-state index contributed by atoms with van der Waals surface area (Å²) < 4.78 is 13.2. The van der Waals surface area contributed by atoms with Crippen molar-refractivity contribution < 1.29 is 14.6 Å². The smallest absolute Gasteiger partial charge is 0.177 e. The quantitative estimate of drug-likeness (QED) is 0.737. The van der Waals surface area contributed by atoms with Gasteiger partial charge in [0.05, 0.1) is 23.7 Å². The van der Waals surface area contributed by atoms with E-state index in [9.17, 15) is 5.11 Å². The molecule has 0 amide bonds. The van der Waals surface area contributed by atoms with Crippen LogP contribution in [0.25, 0.3) is 0 Å². The molecule has 1 N–H and O–H groups in total. The van der Waals surface area contributed by atoms with Crippen LogP contribution in [0.5, 0.6) is 0 Å². The second-order valence-corrected chi connectivity index (χ2v) is 7.47. The normalized spacial score (nSPS) is 47.5. The molecule has 114 valence electrons. The second kappa shape index (κ2) is 4.96. The lowest BCUT2D eigenvalue weighted by molar-refractivity contribution is -0.300. The molecule has 0 aromatic rings. The number of fused-ring (bicyclic) bond motifs is 2. The van der Waals surface area contributed by atoms with E-state index in [2.05, 4.69) is 0 Å². The van der Waals surface area contributed by atoms with Crippen molar-refractivity contribution in [2.24, 2.45) is 5.41 Å². The highest BCUT2D eigenvalue weighted by Gasteiger charge is 2.64. The first-order valence-electron chi connectivity index (χ1n) is 8.80. The third-order valence-electron chi connectivity index (χ3n) is 6.45. The first-order chi connectivity index (χ1) is 9.76. The molecule has 4 atom stereocenters. The summed E-state index contributed by atoms with van der Waals surface area (Å²) in [6.45, 7) is 0. The van der Waals surface area contributed by atoms with Crippen molar-refractivity contribution in [1.29, 1.82) is 0 Å². The Kier molecular flexibility index (Phi) is 3.36. The average molecular weight is 280 g/mol. The van der Waals surface area contributed by atoms with Gasteiger partial charge in [0.15, 0.2) is 5.79 Å². The van der Waals surface area contributed by atoms with Gasteiger partial charge < -0.3 is 14.6 Å². The molecule has 3 heteroatoms. The molecule has 1 heterocycles. The van der Waals surface area contributed by atoms with E-state index in [1.807, 2.05) is 0 Å². The standard InChI is InChI=1S/C17H28O3/c18-15-9-3-4-10-16(15)11-5-6-12-17(16)19-13-7-1-2-8-14(13)20-17/h13-15,18H,1-12H2/t13-,14-,15+,16+/m0/s1. The Balaban J connectivity index is 1.66. The molecule has 3 saturated carbocycles. The summed E-state index contributed by atoms with van der Waals surface area (Å²) in [5.41, 5.74) is -0.110. The van der Waals surface area contributed by atoms with Gasteiger partial charge in [-0.2, -0.15) is 0 Å². The van der Waals surface area contributed by atoms with Gasteiger partial charge in [-0.3, -0.25) is 0 Å². The zero-order valence-corrected chi connectivity index (χ0v) is 12.5. The van der Waals surface area contributed by atoms with Gasteiger partial charge >= 0.3 is 0 Å². The van der Waals surface area contributed by atoms with Crippen molar-refractivity contribution in [2.45, 2.75) is 101 Å². The van der Waals surface area contributed by atoms with Crippen molar-refractivity contribution in [2.75, 3.05) is 0 Å². The SMILES string of the molecule is O[C@@H]1CCCC[C@@]12CCCCC21O[C@H]2CCCC[C@@H]2O1. The summed E-state index contributed by atoms with van der Waals surface area (Å²) in [5.74, 6) is -0.454. The summed E-state index contributed by atoms with van der Waals surface area (Å²) in [7, 11) is 0. The van der Waals surface area contributed by atoms with E-state index in [1.165, 1.54) is 32.1 Å². The van der Waals surface area contributed by atoms with E-state index >= 15 is 0 Å².